The van der Waals surface area contributed by atoms with Crippen LogP contribution < -0.4 is 0 Å². The summed E-state index contributed by atoms with van der Waals surface area (Å²) in [5, 5.41) is 17.6. The standard InChI is InChI=1S/C7H13NO3/c9-6-2-1-3-8(4-6)5-7(10)11/h6,9H,1-5H2,(H,10,11)/t6-/m0/s1. The maximum Gasteiger partial charge on any atom is 0.317 e. The molecule has 0 amide bonds. The van der Waals surface area contributed by atoms with Crippen LogP contribution in [0.4, 0.5) is 0 Å². The lowest BCUT2D eigenvalue weighted by molar-refractivity contribution is -0.139. The van der Waals surface area contributed by atoms with Gasteiger partial charge in [-0.3, -0.25) is 9.69 Å². The fourth-order valence-corrected chi connectivity index (χ4v) is 1.37. The summed E-state index contributed by atoms with van der Waals surface area (Å²) in [6, 6.07) is 0. The number of aliphatic carboxylic acids is 1. The Morgan fingerprint density at radius 1 is 1.64 bits per heavy atom. The largest absolute Gasteiger partial charge is 0.480 e. The van der Waals surface area contributed by atoms with E-state index in [4.69, 9.17) is 10.2 Å². The molecule has 11 heavy (non-hydrogen) atoms. The molecular formula is C7H13NO3. The van der Waals surface area contributed by atoms with Gasteiger partial charge in [-0.2, -0.15) is 0 Å². The Labute approximate surface area is 65.4 Å². The third-order valence-electron chi connectivity index (χ3n) is 1.84. The topological polar surface area (TPSA) is 60.8 Å². The van der Waals surface area contributed by atoms with Crippen LogP contribution in [0.5, 0.6) is 0 Å². The number of likely N-dealkylation sites (tertiary alicyclic amines) is 1. The molecule has 0 saturated carbocycles. The number of hydrogen-bond donors (Lipinski definition) is 2. The predicted molar refractivity (Wildman–Crippen MR) is 39.3 cm³/mol. The van der Waals surface area contributed by atoms with Gasteiger partial charge in [-0.05, 0) is 19.4 Å². The fraction of sp³-hybridized carbons (Fsp3) is 0.857. The average molecular weight is 159 g/mol. The normalized spacial score (nSPS) is 26.8. The number of nitrogens with zero attached hydrogens (tertiary/aromatic N) is 1. The molecule has 4 nitrogen and oxygen atoms in total. The zero-order chi connectivity index (χ0) is 8.27. The molecule has 1 saturated heterocycles. The molecule has 1 fully saturated rings. The van der Waals surface area contributed by atoms with Crippen LogP contribution in [-0.4, -0.2) is 46.8 Å². The number of carbonyl (C=O) groups is 1. The molecule has 1 rings (SSSR count). The molecule has 1 aliphatic heterocycles. The molecule has 4 heteroatoms. The van der Waals surface area contributed by atoms with Crippen molar-refractivity contribution in [2.24, 2.45) is 0 Å². The van der Waals surface area contributed by atoms with E-state index >= 15 is 0 Å². The van der Waals surface area contributed by atoms with Crippen molar-refractivity contribution in [3.05, 3.63) is 0 Å². The zero-order valence-corrected chi connectivity index (χ0v) is 6.36. The number of carboxylic acid groups (broad SMARTS) is 1. The molecule has 64 valence electrons. The molecule has 2 N–H and O–H groups in total. The highest BCUT2D eigenvalue weighted by Gasteiger charge is 2.18. The molecule has 0 spiro atoms. The van der Waals surface area contributed by atoms with Crippen molar-refractivity contribution in [1.82, 2.24) is 4.90 Å². The van der Waals surface area contributed by atoms with Crippen molar-refractivity contribution in [3.8, 4) is 0 Å². The molecule has 0 aromatic rings. The first kappa shape index (κ1) is 8.49. The highest BCUT2D eigenvalue weighted by Crippen LogP contribution is 2.08. The third kappa shape index (κ3) is 2.86. The van der Waals surface area contributed by atoms with Gasteiger partial charge in [-0.25, -0.2) is 0 Å². The molecular weight excluding hydrogens is 146 g/mol. The molecule has 0 radical (unpaired) electrons. The number of aliphatic hydroxyl groups is 1. The predicted octanol–water partition coefficient (Wildman–Crippen LogP) is -0.472. The summed E-state index contributed by atoms with van der Waals surface area (Å²) in [4.78, 5) is 12.0. The lowest BCUT2D eigenvalue weighted by Gasteiger charge is -2.28. The molecule has 1 aliphatic rings. The quantitative estimate of drug-likeness (QED) is 0.571. The summed E-state index contributed by atoms with van der Waals surface area (Å²) < 4.78 is 0. The van der Waals surface area contributed by atoms with E-state index in [1.165, 1.54) is 0 Å². The Morgan fingerprint density at radius 2 is 2.36 bits per heavy atom. The van der Waals surface area contributed by atoms with Gasteiger partial charge in [0.2, 0.25) is 0 Å². The lowest BCUT2D eigenvalue weighted by atomic mass is 10.1. The van der Waals surface area contributed by atoms with Gasteiger partial charge >= 0.3 is 5.97 Å². The first-order valence-electron chi connectivity index (χ1n) is 3.80. The Hall–Kier alpha value is -0.610. The van der Waals surface area contributed by atoms with E-state index in [1.807, 2.05) is 0 Å². The monoisotopic (exact) mass is 159 g/mol. The second-order valence-corrected chi connectivity index (χ2v) is 2.92. The Kier molecular flexibility index (Phi) is 2.84. The minimum absolute atomic E-state index is 0.0526. The summed E-state index contributed by atoms with van der Waals surface area (Å²) in [6.45, 7) is 1.35. The van der Waals surface area contributed by atoms with Crippen molar-refractivity contribution in [2.45, 2.75) is 18.9 Å². The van der Waals surface area contributed by atoms with E-state index in [1.54, 1.807) is 4.90 Å². The van der Waals surface area contributed by atoms with Gasteiger partial charge in [0.25, 0.3) is 0 Å². The van der Waals surface area contributed by atoms with E-state index < -0.39 is 5.97 Å². The van der Waals surface area contributed by atoms with Crippen LogP contribution in [-0.2, 0) is 4.79 Å². The van der Waals surface area contributed by atoms with Gasteiger partial charge in [0.15, 0.2) is 0 Å². The minimum atomic E-state index is -0.820. The second kappa shape index (κ2) is 3.69. The maximum absolute atomic E-state index is 10.3. The molecule has 0 unspecified atom stereocenters. The molecule has 1 atom stereocenters. The molecule has 1 heterocycles. The van der Waals surface area contributed by atoms with Crippen LogP contribution >= 0.6 is 0 Å². The number of hydrogen-bond acceptors (Lipinski definition) is 3. The van der Waals surface area contributed by atoms with Crippen LogP contribution in [0.15, 0.2) is 0 Å². The molecule has 0 aromatic heterocycles. The van der Waals surface area contributed by atoms with E-state index in [-0.39, 0.29) is 12.6 Å². The highest BCUT2D eigenvalue weighted by molar-refractivity contribution is 5.69. The average Bonchev–Trinajstić information content (AvgIpc) is 1.85. The van der Waals surface area contributed by atoms with Crippen molar-refractivity contribution in [1.29, 1.82) is 0 Å². The number of piperidine rings is 1. The number of β-amino-alcohol motifs (C(OH)–C–C–N with tert-alkyl or cyclic N) is 1. The van der Waals surface area contributed by atoms with Crippen LogP contribution in [0.2, 0.25) is 0 Å². The highest BCUT2D eigenvalue weighted by atomic mass is 16.4. The Bertz CT molecular complexity index is 149. The van der Waals surface area contributed by atoms with Gasteiger partial charge < -0.3 is 10.2 Å². The summed E-state index contributed by atoms with van der Waals surface area (Å²) in [6.07, 6.45) is 1.37. The maximum atomic E-state index is 10.3. The Morgan fingerprint density at radius 3 is 2.91 bits per heavy atom. The fourth-order valence-electron chi connectivity index (χ4n) is 1.37. The van der Waals surface area contributed by atoms with E-state index in [0.717, 1.165) is 19.4 Å². The van der Waals surface area contributed by atoms with Crippen molar-refractivity contribution in [3.63, 3.8) is 0 Å². The molecule has 0 bridgehead atoms. The van der Waals surface area contributed by atoms with Gasteiger partial charge in [0, 0.05) is 6.54 Å². The van der Waals surface area contributed by atoms with Crippen LogP contribution in [0.1, 0.15) is 12.8 Å². The number of rotatable bonds is 2. The first-order valence-corrected chi connectivity index (χ1v) is 3.80. The van der Waals surface area contributed by atoms with Gasteiger partial charge in [-0.15, -0.1) is 0 Å². The van der Waals surface area contributed by atoms with Gasteiger partial charge in [-0.1, -0.05) is 0 Å². The van der Waals surface area contributed by atoms with E-state index in [0.29, 0.717) is 6.54 Å². The van der Waals surface area contributed by atoms with Crippen LogP contribution in [0.25, 0.3) is 0 Å². The van der Waals surface area contributed by atoms with Crippen LogP contribution in [0, 0.1) is 0 Å². The van der Waals surface area contributed by atoms with Crippen molar-refractivity contribution < 1.29 is 15.0 Å². The summed E-state index contributed by atoms with van der Waals surface area (Å²) >= 11 is 0. The second-order valence-electron chi connectivity index (χ2n) is 2.92. The lowest BCUT2D eigenvalue weighted by Crippen LogP contribution is -2.40. The first-order chi connectivity index (χ1) is 5.18. The summed E-state index contributed by atoms with van der Waals surface area (Å²) in [7, 11) is 0. The summed E-state index contributed by atoms with van der Waals surface area (Å²) in [5.41, 5.74) is 0. The molecule has 0 aliphatic carbocycles. The zero-order valence-electron chi connectivity index (χ0n) is 6.36. The summed E-state index contributed by atoms with van der Waals surface area (Å²) in [5.74, 6) is -0.820. The molecule has 0 aromatic carbocycles. The van der Waals surface area contributed by atoms with Crippen molar-refractivity contribution >= 4 is 5.97 Å². The van der Waals surface area contributed by atoms with E-state index in [2.05, 4.69) is 0 Å². The Balaban J connectivity index is 2.28. The SMILES string of the molecule is O=C(O)CN1CCC[C@H](O)C1. The number of aliphatic hydroxyl groups excluding tert-OH is 1. The smallest absolute Gasteiger partial charge is 0.317 e. The minimum Gasteiger partial charge on any atom is -0.480 e. The number of carboxylic acids is 1. The van der Waals surface area contributed by atoms with E-state index in [9.17, 15) is 4.79 Å². The van der Waals surface area contributed by atoms with Gasteiger partial charge in [0.05, 0.1) is 12.6 Å². The van der Waals surface area contributed by atoms with Gasteiger partial charge in [0.1, 0.15) is 0 Å². The van der Waals surface area contributed by atoms with Crippen molar-refractivity contribution in [2.75, 3.05) is 19.6 Å². The van der Waals surface area contributed by atoms with Crippen LogP contribution in [0.3, 0.4) is 0 Å². The third-order valence-corrected chi connectivity index (χ3v) is 1.84.